The number of hydrogen-bond donors (Lipinski definition) is 1. The number of thioether (sulfide) groups is 1. The zero-order chi connectivity index (χ0) is 6.97. The minimum Gasteiger partial charge on any atom is -0.375 e. The maximum atomic E-state index is 11.1. The smallest absolute Gasteiger partial charge is 0.175 e. The van der Waals surface area contributed by atoms with E-state index in [1.54, 1.807) is 11.8 Å². The number of ketones is 1. The van der Waals surface area contributed by atoms with E-state index in [1.165, 1.54) is 0 Å². The van der Waals surface area contributed by atoms with Gasteiger partial charge >= 0.3 is 0 Å². The number of nitrogens with one attached hydrogen (secondary N) is 1. The lowest BCUT2D eigenvalue weighted by atomic mass is 10.1. The van der Waals surface area contributed by atoms with Gasteiger partial charge in [0.2, 0.25) is 0 Å². The Labute approximate surface area is 63.4 Å². The van der Waals surface area contributed by atoms with E-state index in [1.807, 2.05) is 12.2 Å². The number of carbonyl (C=O) groups is 1. The first kappa shape index (κ1) is 6.04. The molecule has 52 valence electrons. The highest BCUT2D eigenvalue weighted by molar-refractivity contribution is 8.04. The van der Waals surface area contributed by atoms with Crippen LogP contribution in [0, 0.1) is 0 Å². The normalized spacial score (nSPS) is 23.0. The number of Topliss-reactive ketones (excluding diaryl/α,β-unsaturated/α-hetero) is 1. The van der Waals surface area contributed by atoms with Crippen LogP contribution in [-0.2, 0) is 4.79 Å². The van der Waals surface area contributed by atoms with Gasteiger partial charge in [-0.1, -0.05) is 17.8 Å². The van der Waals surface area contributed by atoms with Crippen LogP contribution in [0.5, 0.6) is 0 Å². The standard InChI is InChI=1S/C7H7NOS/c9-6-3-1-2-5-7(6)10-4-8-5/h1-2,8H,3-4H2. The van der Waals surface area contributed by atoms with E-state index in [4.69, 9.17) is 0 Å². The van der Waals surface area contributed by atoms with Crippen LogP contribution in [0.25, 0.3) is 0 Å². The lowest BCUT2D eigenvalue weighted by molar-refractivity contribution is -0.114. The van der Waals surface area contributed by atoms with Gasteiger partial charge in [0.25, 0.3) is 0 Å². The van der Waals surface area contributed by atoms with Gasteiger partial charge in [-0.25, -0.2) is 0 Å². The Morgan fingerprint density at radius 1 is 1.60 bits per heavy atom. The fourth-order valence-electron chi connectivity index (χ4n) is 1.09. The SMILES string of the molecule is O=C1CC=CC2=C1SCN2. The van der Waals surface area contributed by atoms with Crippen molar-refractivity contribution in [3.63, 3.8) is 0 Å². The third-order valence-electron chi connectivity index (χ3n) is 1.56. The van der Waals surface area contributed by atoms with Gasteiger partial charge in [0, 0.05) is 6.42 Å². The molecule has 1 aliphatic carbocycles. The lowest BCUT2D eigenvalue weighted by Gasteiger charge is -2.03. The summed E-state index contributed by atoms with van der Waals surface area (Å²) >= 11 is 1.60. The summed E-state index contributed by atoms with van der Waals surface area (Å²) in [5.74, 6) is 1.10. The molecule has 2 rings (SSSR count). The quantitative estimate of drug-likeness (QED) is 0.563. The molecule has 0 bridgehead atoms. The predicted octanol–water partition coefficient (Wildman–Crippen LogP) is 1.02. The third-order valence-corrected chi connectivity index (χ3v) is 2.59. The molecule has 3 heteroatoms. The molecule has 0 amide bonds. The van der Waals surface area contributed by atoms with E-state index in [-0.39, 0.29) is 5.78 Å². The lowest BCUT2D eigenvalue weighted by Crippen LogP contribution is -2.08. The van der Waals surface area contributed by atoms with Crippen molar-refractivity contribution in [1.29, 1.82) is 0 Å². The van der Waals surface area contributed by atoms with Gasteiger partial charge in [-0.15, -0.1) is 0 Å². The Hall–Kier alpha value is -0.700. The Balaban J connectivity index is 2.39. The van der Waals surface area contributed by atoms with Gasteiger partial charge in [0.15, 0.2) is 5.78 Å². The summed E-state index contributed by atoms with van der Waals surface area (Å²) in [7, 11) is 0. The molecule has 0 saturated heterocycles. The second kappa shape index (κ2) is 2.16. The molecular formula is C7H7NOS. The second-order valence-corrected chi connectivity index (χ2v) is 3.22. The molecule has 0 atom stereocenters. The number of rotatable bonds is 0. The maximum Gasteiger partial charge on any atom is 0.175 e. The fraction of sp³-hybridized carbons (Fsp3) is 0.286. The van der Waals surface area contributed by atoms with Crippen LogP contribution in [0.1, 0.15) is 6.42 Å². The molecule has 2 aliphatic rings. The van der Waals surface area contributed by atoms with E-state index in [0.29, 0.717) is 6.42 Å². The monoisotopic (exact) mass is 153 g/mol. The summed E-state index contributed by atoms with van der Waals surface area (Å²) in [5, 5.41) is 3.12. The summed E-state index contributed by atoms with van der Waals surface area (Å²) < 4.78 is 0. The minimum absolute atomic E-state index is 0.257. The van der Waals surface area contributed by atoms with Crippen LogP contribution in [0.2, 0.25) is 0 Å². The first-order valence-corrected chi connectivity index (χ1v) is 4.17. The highest BCUT2D eigenvalue weighted by atomic mass is 32.2. The van der Waals surface area contributed by atoms with Crippen LogP contribution in [0.4, 0.5) is 0 Å². The summed E-state index contributed by atoms with van der Waals surface area (Å²) in [6.45, 7) is 0. The maximum absolute atomic E-state index is 11.1. The third kappa shape index (κ3) is 0.778. The second-order valence-electron chi connectivity index (χ2n) is 2.24. The van der Waals surface area contributed by atoms with E-state index < -0.39 is 0 Å². The van der Waals surface area contributed by atoms with Gasteiger partial charge in [0.05, 0.1) is 16.5 Å². The summed E-state index contributed by atoms with van der Waals surface area (Å²) in [5.41, 5.74) is 1.02. The molecule has 1 aliphatic heterocycles. The van der Waals surface area contributed by atoms with Crippen molar-refractivity contribution < 1.29 is 4.79 Å². The van der Waals surface area contributed by atoms with Crippen LogP contribution in [0.15, 0.2) is 22.8 Å². The molecule has 0 saturated carbocycles. The number of hydrogen-bond acceptors (Lipinski definition) is 3. The van der Waals surface area contributed by atoms with Crippen molar-refractivity contribution >= 4 is 17.5 Å². The molecule has 10 heavy (non-hydrogen) atoms. The van der Waals surface area contributed by atoms with Crippen LogP contribution < -0.4 is 5.32 Å². The largest absolute Gasteiger partial charge is 0.375 e. The molecular weight excluding hydrogens is 146 g/mol. The summed E-state index contributed by atoms with van der Waals surface area (Å²) in [6.07, 6.45) is 4.46. The molecule has 0 aromatic rings. The van der Waals surface area contributed by atoms with Crippen molar-refractivity contribution in [2.45, 2.75) is 6.42 Å². The van der Waals surface area contributed by atoms with Crippen molar-refractivity contribution in [3.05, 3.63) is 22.8 Å². The van der Waals surface area contributed by atoms with Crippen molar-refractivity contribution in [2.24, 2.45) is 0 Å². The highest BCUT2D eigenvalue weighted by Crippen LogP contribution is 2.29. The van der Waals surface area contributed by atoms with Crippen molar-refractivity contribution in [1.82, 2.24) is 5.32 Å². The van der Waals surface area contributed by atoms with Crippen molar-refractivity contribution in [2.75, 3.05) is 5.88 Å². The Bertz CT molecular complexity index is 242. The molecule has 1 heterocycles. The Morgan fingerprint density at radius 2 is 2.50 bits per heavy atom. The zero-order valence-corrected chi connectivity index (χ0v) is 6.20. The Morgan fingerprint density at radius 3 is 3.30 bits per heavy atom. The van der Waals surface area contributed by atoms with E-state index in [9.17, 15) is 4.79 Å². The van der Waals surface area contributed by atoms with Gasteiger partial charge in [-0.3, -0.25) is 4.79 Å². The average molecular weight is 153 g/mol. The molecule has 0 spiro atoms. The molecule has 0 fully saturated rings. The molecule has 0 unspecified atom stereocenters. The van der Waals surface area contributed by atoms with Gasteiger partial charge in [0.1, 0.15) is 0 Å². The van der Waals surface area contributed by atoms with Crippen molar-refractivity contribution in [3.8, 4) is 0 Å². The first-order chi connectivity index (χ1) is 4.88. The number of allylic oxidation sites excluding steroid dienone is 3. The van der Waals surface area contributed by atoms with E-state index in [0.717, 1.165) is 16.5 Å². The summed E-state index contributed by atoms with van der Waals surface area (Å²) in [4.78, 5) is 12.0. The molecule has 0 radical (unpaired) electrons. The van der Waals surface area contributed by atoms with E-state index >= 15 is 0 Å². The van der Waals surface area contributed by atoms with Gasteiger partial charge < -0.3 is 5.32 Å². The van der Waals surface area contributed by atoms with Crippen LogP contribution in [0.3, 0.4) is 0 Å². The fourth-order valence-corrected chi connectivity index (χ4v) is 2.00. The van der Waals surface area contributed by atoms with Gasteiger partial charge in [-0.05, 0) is 6.08 Å². The Kier molecular flexibility index (Phi) is 1.31. The van der Waals surface area contributed by atoms with Crippen LogP contribution >= 0.6 is 11.8 Å². The van der Waals surface area contributed by atoms with E-state index in [2.05, 4.69) is 5.32 Å². The number of carbonyl (C=O) groups excluding carboxylic acids is 1. The van der Waals surface area contributed by atoms with Crippen LogP contribution in [-0.4, -0.2) is 11.7 Å². The topological polar surface area (TPSA) is 29.1 Å². The predicted molar refractivity (Wildman–Crippen MR) is 41.4 cm³/mol. The zero-order valence-electron chi connectivity index (χ0n) is 5.39. The molecule has 2 nitrogen and oxygen atoms in total. The molecule has 0 aromatic carbocycles. The average Bonchev–Trinajstić information content (AvgIpc) is 2.36. The highest BCUT2D eigenvalue weighted by Gasteiger charge is 2.21. The molecule has 1 N–H and O–H groups in total. The molecule has 0 aromatic heterocycles. The minimum atomic E-state index is 0.257. The van der Waals surface area contributed by atoms with Gasteiger partial charge in [-0.2, -0.15) is 0 Å². The summed E-state index contributed by atoms with van der Waals surface area (Å²) in [6, 6.07) is 0. The first-order valence-electron chi connectivity index (χ1n) is 3.18.